The van der Waals surface area contributed by atoms with Gasteiger partial charge in [-0.1, -0.05) is 24.3 Å². The summed E-state index contributed by atoms with van der Waals surface area (Å²) in [7, 11) is 0. The summed E-state index contributed by atoms with van der Waals surface area (Å²) in [5, 5.41) is 2.36. The summed E-state index contributed by atoms with van der Waals surface area (Å²) in [4.78, 5) is 33.6. The zero-order valence-corrected chi connectivity index (χ0v) is 14.6. The van der Waals surface area contributed by atoms with Crippen molar-refractivity contribution in [3.05, 3.63) is 47.4 Å². The predicted molar refractivity (Wildman–Crippen MR) is 94.0 cm³/mol. The van der Waals surface area contributed by atoms with Gasteiger partial charge in [0, 0.05) is 15.1 Å². The van der Waals surface area contributed by atoms with Crippen molar-refractivity contribution in [1.29, 1.82) is 0 Å². The monoisotopic (exact) mass is 358 g/mol. The molecule has 7 heteroatoms. The average molecular weight is 358 g/mol. The number of carbonyl (C=O) groups is 2. The molecule has 0 saturated carbocycles. The molecule has 1 aromatic carbocycles. The van der Waals surface area contributed by atoms with Crippen LogP contribution in [0.4, 0.5) is 4.79 Å². The number of carbonyl (C=O) groups excluding carboxylic acids is 2. The second kappa shape index (κ2) is 6.16. The Hall–Kier alpha value is -2.38. The van der Waals surface area contributed by atoms with Crippen molar-refractivity contribution in [3.8, 4) is 0 Å². The highest BCUT2D eigenvalue weighted by molar-refractivity contribution is 7.19. The molecule has 2 bridgehead atoms. The molecule has 0 N–H and O–H groups in total. The first kappa shape index (κ1) is 16.1. The Morgan fingerprint density at radius 3 is 3.00 bits per heavy atom. The van der Waals surface area contributed by atoms with Crippen molar-refractivity contribution < 1.29 is 19.2 Å². The number of hydrogen-bond acceptors (Lipinski definition) is 5. The van der Waals surface area contributed by atoms with E-state index in [1.807, 2.05) is 24.3 Å². The van der Waals surface area contributed by atoms with E-state index in [0.29, 0.717) is 6.54 Å². The molecule has 1 saturated heterocycles. The molecule has 130 valence electrons. The fraction of sp³-hybridized carbons (Fsp3) is 0.333. The Bertz CT molecular complexity index is 862. The van der Waals surface area contributed by atoms with Crippen molar-refractivity contribution in [2.75, 3.05) is 19.8 Å². The molecule has 0 radical (unpaired) electrons. The van der Waals surface area contributed by atoms with Crippen molar-refractivity contribution in [2.45, 2.75) is 19.0 Å². The zero-order valence-electron chi connectivity index (χ0n) is 13.8. The number of ether oxygens (including phenoxy) is 1. The lowest BCUT2D eigenvalue weighted by Gasteiger charge is -2.29. The van der Waals surface area contributed by atoms with E-state index in [4.69, 9.17) is 9.57 Å². The molecule has 0 unspecified atom stereocenters. The van der Waals surface area contributed by atoms with Gasteiger partial charge in [0.05, 0.1) is 19.8 Å². The van der Waals surface area contributed by atoms with Crippen LogP contribution in [-0.4, -0.2) is 41.7 Å². The van der Waals surface area contributed by atoms with Crippen LogP contribution in [-0.2, 0) is 14.4 Å². The Morgan fingerprint density at radius 1 is 1.44 bits per heavy atom. The van der Waals surface area contributed by atoms with Gasteiger partial charge in [-0.05, 0) is 18.4 Å². The third kappa shape index (κ3) is 2.34. The molecule has 2 atom stereocenters. The minimum absolute atomic E-state index is 0.217. The van der Waals surface area contributed by atoms with E-state index in [-0.39, 0.29) is 25.3 Å². The van der Waals surface area contributed by atoms with Gasteiger partial charge >= 0.3 is 12.0 Å². The topological polar surface area (TPSA) is 59.1 Å². The molecule has 0 spiro atoms. The molecule has 1 aromatic heterocycles. The van der Waals surface area contributed by atoms with Gasteiger partial charge in [-0.25, -0.2) is 9.59 Å². The Balaban J connectivity index is 1.87. The van der Waals surface area contributed by atoms with Crippen LogP contribution in [0.25, 0.3) is 10.1 Å². The fourth-order valence-electron chi connectivity index (χ4n) is 3.52. The number of urea groups is 1. The van der Waals surface area contributed by atoms with Crippen LogP contribution in [0.2, 0.25) is 0 Å². The summed E-state index contributed by atoms with van der Waals surface area (Å²) in [6.45, 7) is 6.32. The first-order valence-electron chi connectivity index (χ1n) is 8.19. The predicted octanol–water partition coefficient (Wildman–Crippen LogP) is 3.42. The molecular weight excluding hydrogens is 340 g/mol. The zero-order chi connectivity index (χ0) is 17.6. The van der Waals surface area contributed by atoms with Gasteiger partial charge in [0.15, 0.2) is 6.04 Å². The van der Waals surface area contributed by atoms with E-state index in [1.54, 1.807) is 29.2 Å². The van der Waals surface area contributed by atoms with Crippen LogP contribution in [0, 0.1) is 0 Å². The van der Waals surface area contributed by atoms with Crippen LogP contribution in [0.5, 0.6) is 0 Å². The maximum Gasteiger partial charge on any atom is 0.345 e. The van der Waals surface area contributed by atoms with Crippen molar-refractivity contribution in [3.63, 3.8) is 0 Å². The molecule has 0 aliphatic carbocycles. The molecule has 1 fully saturated rings. The molecule has 2 aliphatic heterocycles. The van der Waals surface area contributed by atoms with Gasteiger partial charge in [0.1, 0.15) is 6.04 Å². The first-order chi connectivity index (χ1) is 12.2. The summed E-state index contributed by atoms with van der Waals surface area (Å²) in [6.07, 6.45) is 1.60. The maximum absolute atomic E-state index is 12.8. The molecule has 2 aliphatic rings. The second-order valence-corrected chi connectivity index (χ2v) is 6.98. The van der Waals surface area contributed by atoms with Gasteiger partial charge in [0.2, 0.25) is 0 Å². The van der Waals surface area contributed by atoms with Crippen molar-refractivity contribution in [2.24, 2.45) is 0 Å². The molecule has 6 nitrogen and oxygen atoms in total. The molecule has 25 heavy (non-hydrogen) atoms. The van der Waals surface area contributed by atoms with E-state index in [9.17, 15) is 9.59 Å². The Kier molecular flexibility index (Phi) is 3.97. The number of hydrogen-bond donors (Lipinski definition) is 0. The summed E-state index contributed by atoms with van der Waals surface area (Å²) in [6, 6.07) is 6.68. The lowest BCUT2D eigenvalue weighted by atomic mass is 9.95. The summed E-state index contributed by atoms with van der Waals surface area (Å²) in [5.41, 5.74) is 0.869. The van der Waals surface area contributed by atoms with Gasteiger partial charge < -0.3 is 9.64 Å². The third-order valence-corrected chi connectivity index (χ3v) is 5.77. The number of rotatable bonds is 5. The number of amides is 2. The number of fused-ring (bicyclic) bond motifs is 6. The van der Waals surface area contributed by atoms with Crippen LogP contribution < -0.4 is 0 Å². The van der Waals surface area contributed by atoms with E-state index in [0.717, 1.165) is 20.5 Å². The largest absolute Gasteiger partial charge is 0.464 e. The van der Waals surface area contributed by atoms with Crippen LogP contribution in [0.15, 0.2) is 36.9 Å². The quantitative estimate of drug-likeness (QED) is 0.607. The standard InChI is InChI=1S/C18H18N2O4S/c1-3-9-24-20-12-10-19(18(20)22)15(17(21)23-4-2)14-11-7-5-6-8-13(11)25-16(12)14/h3,5-8,12,15H,1,4,9-10H2,2H3/t12-,15+/m1/s1. The van der Waals surface area contributed by atoms with E-state index in [1.165, 1.54) is 5.06 Å². The second-order valence-electron chi connectivity index (χ2n) is 5.89. The highest BCUT2D eigenvalue weighted by Crippen LogP contribution is 2.50. The van der Waals surface area contributed by atoms with E-state index in [2.05, 4.69) is 6.58 Å². The van der Waals surface area contributed by atoms with Crippen LogP contribution in [0.3, 0.4) is 0 Å². The normalized spacial score (nSPS) is 21.6. The van der Waals surface area contributed by atoms with E-state index >= 15 is 0 Å². The molecule has 4 rings (SSSR count). The smallest absolute Gasteiger partial charge is 0.345 e. The average Bonchev–Trinajstić information content (AvgIpc) is 3.12. The molecule has 2 amide bonds. The highest BCUT2D eigenvalue weighted by atomic mass is 32.1. The fourth-order valence-corrected chi connectivity index (χ4v) is 4.83. The lowest BCUT2D eigenvalue weighted by molar-refractivity contribution is -0.148. The van der Waals surface area contributed by atoms with Crippen molar-refractivity contribution in [1.82, 2.24) is 9.96 Å². The minimum Gasteiger partial charge on any atom is -0.464 e. The number of benzene rings is 1. The summed E-state index contributed by atoms with van der Waals surface area (Å²) >= 11 is 1.60. The third-order valence-electron chi connectivity index (χ3n) is 4.48. The highest BCUT2D eigenvalue weighted by Gasteiger charge is 2.53. The van der Waals surface area contributed by atoms with Gasteiger partial charge in [-0.2, -0.15) is 5.06 Å². The number of hydroxylamine groups is 2. The van der Waals surface area contributed by atoms with Crippen LogP contribution in [0.1, 0.15) is 29.4 Å². The number of esters is 1. The lowest BCUT2D eigenvalue weighted by Crippen LogP contribution is -2.39. The molecule has 2 aromatic rings. The van der Waals surface area contributed by atoms with Gasteiger partial charge in [0.25, 0.3) is 0 Å². The maximum atomic E-state index is 12.8. The molecular formula is C18H18N2O4S. The van der Waals surface area contributed by atoms with Gasteiger partial charge in [-0.15, -0.1) is 17.9 Å². The van der Waals surface area contributed by atoms with Crippen LogP contribution >= 0.6 is 11.3 Å². The number of nitrogens with zero attached hydrogens (tertiary/aromatic N) is 2. The van der Waals surface area contributed by atoms with E-state index < -0.39 is 12.0 Å². The van der Waals surface area contributed by atoms with Gasteiger partial charge in [-0.3, -0.25) is 4.84 Å². The minimum atomic E-state index is -0.729. The van der Waals surface area contributed by atoms with Crippen molar-refractivity contribution >= 4 is 33.4 Å². The number of thiophene rings is 1. The Morgan fingerprint density at radius 2 is 2.24 bits per heavy atom. The summed E-state index contributed by atoms with van der Waals surface area (Å²) < 4.78 is 6.36. The first-order valence-corrected chi connectivity index (χ1v) is 9.00. The summed E-state index contributed by atoms with van der Waals surface area (Å²) in [5.74, 6) is -0.398. The molecule has 3 heterocycles. The SMILES string of the molecule is C=CCON1C(=O)N2C[C@@H]1c1sc3ccccc3c1[C@H]2C(=O)OCC. The Labute approximate surface area is 149 Å².